The molecule has 0 saturated carbocycles. The molecular formula is C30H33F3N4O4. The number of hydrogen-bond donors (Lipinski definition) is 2. The van der Waals surface area contributed by atoms with Crippen molar-refractivity contribution in [2.24, 2.45) is 22.7 Å². The number of nitrogens with two attached hydrogens (primary N) is 1. The number of ether oxygens (including phenoxy) is 1. The first-order chi connectivity index (χ1) is 19.6. The average Bonchev–Trinajstić information content (AvgIpc) is 3.32. The predicted octanol–water partition coefficient (Wildman–Crippen LogP) is 5.62. The first kappa shape index (κ1) is 29.7. The molecule has 1 aromatic heterocycles. The Kier molecular flexibility index (Phi) is 9.69. The number of hydrazone groups is 1. The average molecular weight is 571 g/mol. The third kappa shape index (κ3) is 8.12. The lowest BCUT2D eigenvalue weighted by atomic mass is 9.82. The van der Waals surface area contributed by atoms with Crippen LogP contribution in [0.15, 0.2) is 76.4 Å². The van der Waals surface area contributed by atoms with Crippen molar-refractivity contribution < 1.29 is 32.2 Å². The number of aromatic nitrogens is 1. The van der Waals surface area contributed by atoms with Crippen LogP contribution in [0.1, 0.15) is 29.9 Å². The monoisotopic (exact) mass is 570 g/mol. The molecule has 1 aliphatic heterocycles. The van der Waals surface area contributed by atoms with Gasteiger partial charge in [-0.2, -0.15) is 18.3 Å². The van der Waals surface area contributed by atoms with Crippen molar-refractivity contribution in [1.82, 2.24) is 9.99 Å². The van der Waals surface area contributed by atoms with Gasteiger partial charge in [-0.1, -0.05) is 30.3 Å². The minimum atomic E-state index is -4.65. The molecule has 0 bridgehead atoms. The number of rotatable bonds is 11. The third-order valence-corrected chi connectivity index (χ3v) is 7.07. The largest absolute Gasteiger partial charge is 0.493 e. The number of hydrogen-bond acceptors (Lipinski definition) is 7. The summed E-state index contributed by atoms with van der Waals surface area (Å²) in [7, 11) is 0. The van der Waals surface area contributed by atoms with E-state index in [1.165, 1.54) is 5.01 Å². The SMILES string of the molecule is Cc1oc(-c2ccccc2)nc1CCOc1ccc(CC[C@@H]2CN(N=C(C=CN)C(F)(F)F)CC[C@@H]2C(=O)O)cc1. The van der Waals surface area contributed by atoms with Crippen LogP contribution in [-0.2, 0) is 17.6 Å². The number of alkyl halides is 3. The summed E-state index contributed by atoms with van der Waals surface area (Å²) in [5, 5.41) is 14.7. The van der Waals surface area contributed by atoms with Gasteiger partial charge in [0.15, 0.2) is 5.71 Å². The van der Waals surface area contributed by atoms with Crippen LogP contribution < -0.4 is 10.5 Å². The van der Waals surface area contributed by atoms with E-state index in [-0.39, 0.29) is 25.4 Å². The van der Waals surface area contributed by atoms with Gasteiger partial charge in [0, 0.05) is 25.1 Å². The van der Waals surface area contributed by atoms with Crippen molar-refractivity contribution >= 4 is 11.7 Å². The number of oxazole rings is 1. The van der Waals surface area contributed by atoms with Crippen LogP contribution in [0.4, 0.5) is 13.2 Å². The summed E-state index contributed by atoms with van der Waals surface area (Å²) in [6, 6.07) is 17.2. The van der Waals surface area contributed by atoms with Gasteiger partial charge in [0.05, 0.1) is 18.2 Å². The third-order valence-electron chi connectivity index (χ3n) is 7.07. The van der Waals surface area contributed by atoms with E-state index in [1.54, 1.807) is 0 Å². The molecule has 0 radical (unpaired) electrons. The van der Waals surface area contributed by atoms with Crippen molar-refractivity contribution in [1.29, 1.82) is 0 Å². The number of carboxylic acid groups (broad SMARTS) is 1. The number of nitrogens with zero attached hydrogens (tertiary/aromatic N) is 3. The Bertz CT molecular complexity index is 1350. The topological polar surface area (TPSA) is 114 Å². The minimum absolute atomic E-state index is 0.115. The van der Waals surface area contributed by atoms with E-state index in [0.717, 1.165) is 28.8 Å². The standard InChI is InChI=1S/C30H33F3N4O4/c1-20-26(35-28(41-20)22-5-3-2-4-6-22)15-18-40-24-11-8-21(9-12-24)7-10-23-19-37(17-14-25(23)29(38)39)36-27(13-16-34)30(31,32)33/h2-6,8-9,11-13,16,23,25H,7,10,14-15,17-19,34H2,1H3,(H,38,39)/t23-,25+/m1/s1. The maximum absolute atomic E-state index is 13.2. The van der Waals surface area contributed by atoms with Crippen molar-refractivity contribution in [3.8, 4) is 17.2 Å². The summed E-state index contributed by atoms with van der Waals surface area (Å²) in [6.07, 6.45) is -1.30. The fourth-order valence-corrected chi connectivity index (χ4v) is 4.88. The van der Waals surface area contributed by atoms with Crippen LogP contribution in [0.3, 0.4) is 0 Å². The van der Waals surface area contributed by atoms with E-state index in [4.69, 9.17) is 14.9 Å². The fraction of sp³-hybridized carbons (Fsp3) is 0.367. The molecule has 3 aromatic rings. The number of piperidine rings is 1. The summed E-state index contributed by atoms with van der Waals surface area (Å²) >= 11 is 0. The first-order valence-electron chi connectivity index (χ1n) is 13.4. The zero-order valence-electron chi connectivity index (χ0n) is 22.7. The second-order valence-corrected chi connectivity index (χ2v) is 9.92. The molecule has 3 N–H and O–H groups in total. The Morgan fingerprint density at radius 1 is 1.20 bits per heavy atom. The van der Waals surface area contributed by atoms with E-state index in [1.807, 2.05) is 61.5 Å². The molecule has 1 aliphatic rings. The molecule has 4 rings (SSSR count). The quantitative estimate of drug-likeness (QED) is 0.288. The van der Waals surface area contributed by atoms with Crippen LogP contribution in [0.2, 0.25) is 0 Å². The van der Waals surface area contributed by atoms with Gasteiger partial charge < -0.3 is 20.0 Å². The zero-order valence-corrected chi connectivity index (χ0v) is 22.7. The Hall–Kier alpha value is -4.28. The Labute approximate surface area is 236 Å². The molecule has 41 heavy (non-hydrogen) atoms. The zero-order chi connectivity index (χ0) is 29.4. The van der Waals surface area contributed by atoms with Crippen LogP contribution in [0.5, 0.6) is 5.75 Å². The van der Waals surface area contributed by atoms with E-state index >= 15 is 0 Å². The van der Waals surface area contributed by atoms with Crippen molar-refractivity contribution in [3.63, 3.8) is 0 Å². The van der Waals surface area contributed by atoms with Crippen molar-refractivity contribution in [2.75, 3.05) is 19.7 Å². The van der Waals surface area contributed by atoms with E-state index in [9.17, 15) is 23.1 Å². The van der Waals surface area contributed by atoms with Gasteiger partial charge in [-0.3, -0.25) is 9.80 Å². The number of carboxylic acids is 1. The molecule has 11 heteroatoms. The molecule has 218 valence electrons. The van der Waals surface area contributed by atoms with Gasteiger partial charge in [0.1, 0.15) is 11.5 Å². The molecule has 0 amide bonds. The molecule has 1 fully saturated rings. The van der Waals surface area contributed by atoms with Crippen LogP contribution >= 0.6 is 0 Å². The lowest BCUT2D eigenvalue weighted by Gasteiger charge is -2.35. The van der Waals surface area contributed by atoms with Crippen LogP contribution in [0.25, 0.3) is 11.5 Å². The molecule has 0 aliphatic carbocycles. The minimum Gasteiger partial charge on any atom is -0.493 e. The molecule has 2 atom stereocenters. The molecule has 1 saturated heterocycles. The summed E-state index contributed by atoms with van der Waals surface area (Å²) in [5.41, 5.74) is 6.76. The molecule has 2 aromatic carbocycles. The summed E-state index contributed by atoms with van der Waals surface area (Å²) in [5.74, 6) is 0.0640. The highest BCUT2D eigenvalue weighted by Crippen LogP contribution is 2.30. The summed E-state index contributed by atoms with van der Waals surface area (Å²) in [6.45, 7) is 2.53. The number of aliphatic carboxylic acids is 1. The fourth-order valence-electron chi connectivity index (χ4n) is 4.88. The number of benzene rings is 2. The first-order valence-corrected chi connectivity index (χ1v) is 13.4. The molecule has 8 nitrogen and oxygen atoms in total. The summed E-state index contributed by atoms with van der Waals surface area (Å²) in [4.78, 5) is 16.4. The van der Waals surface area contributed by atoms with E-state index in [0.29, 0.717) is 43.6 Å². The number of aryl methyl sites for hydroxylation is 2. The Morgan fingerprint density at radius 2 is 1.93 bits per heavy atom. The maximum Gasteiger partial charge on any atom is 0.435 e. The number of halogens is 3. The van der Waals surface area contributed by atoms with Gasteiger partial charge in [-0.25, -0.2) is 4.98 Å². The highest BCUT2D eigenvalue weighted by Gasteiger charge is 2.37. The van der Waals surface area contributed by atoms with Gasteiger partial charge in [0.2, 0.25) is 5.89 Å². The second kappa shape index (κ2) is 13.4. The van der Waals surface area contributed by atoms with Gasteiger partial charge in [-0.05, 0) is 74.2 Å². The van der Waals surface area contributed by atoms with Crippen LogP contribution in [0, 0.1) is 18.8 Å². The summed E-state index contributed by atoms with van der Waals surface area (Å²) < 4.78 is 51.4. The molecule has 0 spiro atoms. The highest BCUT2D eigenvalue weighted by atomic mass is 19.4. The van der Waals surface area contributed by atoms with Gasteiger partial charge in [0.25, 0.3) is 0 Å². The van der Waals surface area contributed by atoms with Gasteiger partial charge in [-0.15, -0.1) is 0 Å². The Balaban J connectivity index is 1.31. The maximum atomic E-state index is 13.2. The van der Waals surface area contributed by atoms with E-state index < -0.39 is 23.8 Å². The second-order valence-electron chi connectivity index (χ2n) is 9.92. The lowest BCUT2D eigenvalue weighted by molar-refractivity contribution is -0.146. The Morgan fingerprint density at radius 3 is 2.59 bits per heavy atom. The number of carbonyl (C=O) groups is 1. The molecule has 0 unspecified atom stereocenters. The lowest BCUT2D eigenvalue weighted by Crippen LogP contribution is -2.42. The molecular weight excluding hydrogens is 537 g/mol. The predicted molar refractivity (Wildman–Crippen MR) is 148 cm³/mol. The van der Waals surface area contributed by atoms with Gasteiger partial charge >= 0.3 is 12.1 Å². The van der Waals surface area contributed by atoms with E-state index in [2.05, 4.69) is 10.1 Å². The molecule has 2 heterocycles. The highest BCUT2D eigenvalue weighted by molar-refractivity contribution is 5.99. The van der Waals surface area contributed by atoms with Crippen molar-refractivity contribution in [3.05, 3.63) is 83.9 Å². The van der Waals surface area contributed by atoms with Crippen molar-refractivity contribution in [2.45, 2.75) is 38.8 Å². The normalized spacial score (nSPS) is 18.1. The number of allylic oxidation sites excluding steroid dienone is 1. The smallest absolute Gasteiger partial charge is 0.435 e. The van der Waals surface area contributed by atoms with Crippen LogP contribution in [-0.4, -0.2) is 52.7 Å².